The van der Waals surface area contributed by atoms with E-state index in [0.29, 0.717) is 12.3 Å². The van der Waals surface area contributed by atoms with E-state index in [-0.39, 0.29) is 30.5 Å². The number of hydrogen-bond donors (Lipinski definition) is 1. The number of ether oxygens (including phenoxy) is 2. The molecule has 0 heterocycles. The first-order valence-electron chi connectivity index (χ1n) is 8.82. The Hall–Kier alpha value is -1.10. The molecule has 0 radical (unpaired) electrons. The van der Waals surface area contributed by atoms with Crippen molar-refractivity contribution in [1.29, 1.82) is 0 Å². The van der Waals surface area contributed by atoms with Gasteiger partial charge in [-0.3, -0.25) is 4.79 Å². The molecule has 0 spiro atoms. The van der Waals surface area contributed by atoms with Crippen molar-refractivity contribution < 1.29 is 24.2 Å². The molecule has 2 unspecified atom stereocenters. The summed E-state index contributed by atoms with van der Waals surface area (Å²) < 4.78 is 10.9. The van der Waals surface area contributed by atoms with E-state index in [9.17, 15) is 14.7 Å². The number of hydrogen-bond acceptors (Lipinski definition) is 5. The normalized spacial score (nSPS) is 38.4. The van der Waals surface area contributed by atoms with Crippen LogP contribution in [0.5, 0.6) is 0 Å². The summed E-state index contributed by atoms with van der Waals surface area (Å²) in [6.07, 6.45) is 4.93. The fourth-order valence-electron chi connectivity index (χ4n) is 4.78. The van der Waals surface area contributed by atoms with Crippen molar-refractivity contribution in [2.45, 2.75) is 71.0 Å². The maximum Gasteiger partial charge on any atom is 0.344 e. The average Bonchev–Trinajstić information content (AvgIpc) is 2.48. The highest BCUT2D eigenvalue weighted by Gasteiger charge is 2.57. The third-order valence-corrected chi connectivity index (χ3v) is 6.26. The molecule has 4 aliphatic rings. The quantitative estimate of drug-likeness (QED) is 0.786. The molecule has 2 atom stereocenters. The van der Waals surface area contributed by atoms with Crippen molar-refractivity contribution in [3.05, 3.63) is 0 Å². The van der Waals surface area contributed by atoms with E-state index in [4.69, 9.17) is 9.47 Å². The molecule has 5 nitrogen and oxygen atoms in total. The standard InChI is InChI=1S/C18H28O5/c1-4-17(2,3)16(21)22-10-14(19)23-18-7-11-5-12(8-18)15(20)13(6-11)9-18/h11-13,15,20H,4-10H2,1-3H3. The Morgan fingerprint density at radius 3 is 2.35 bits per heavy atom. The molecule has 0 aromatic rings. The van der Waals surface area contributed by atoms with Gasteiger partial charge in [0.05, 0.1) is 11.5 Å². The summed E-state index contributed by atoms with van der Waals surface area (Å²) >= 11 is 0. The minimum absolute atomic E-state index is 0.235. The Morgan fingerprint density at radius 1 is 1.17 bits per heavy atom. The van der Waals surface area contributed by atoms with Crippen molar-refractivity contribution in [1.82, 2.24) is 0 Å². The highest BCUT2D eigenvalue weighted by molar-refractivity contribution is 5.80. The van der Waals surface area contributed by atoms with Gasteiger partial charge in [-0.15, -0.1) is 0 Å². The van der Waals surface area contributed by atoms with Crippen LogP contribution >= 0.6 is 0 Å². The predicted molar refractivity (Wildman–Crippen MR) is 83.4 cm³/mol. The van der Waals surface area contributed by atoms with Crippen LogP contribution in [-0.2, 0) is 19.1 Å². The summed E-state index contributed by atoms with van der Waals surface area (Å²) in [5.41, 5.74) is -1.01. The lowest BCUT2D eigenvalue weighted by atomic mass is 9.53. The maximum atomic E-state index is 12.2. The van der Waals surface area contributed by atoms with Gasteiger partial charge in [0, 0.05) is 0 Å². The van der Waals surface area contributed by atoms with Gasteiger partial charge >= 0.3 is 11.9 Å². The molecule has 0 amide bonds. The van der Waals surface area contributed by atoms with Gasteiger partial charge < -0.3 is 14.6 Å². The Labute approximate surface area is 137 Å². The molecular formula is C18H28O5. The molecule has 23 heavy (non-hydrogen) atoms. The first-order chi connectivity index (χ1) is 10.7. The highest BCUT2D eigenvalue weighted by atomic mass is 16.6. The molecule has 0 aliphatic heterocycles. The molecule has 0 saturated heterocycles. The summed E-state index contributed by atoms with van der Waals surface area (Å²) in [4.78, 5) is 24.1. The summed E-state index contributed by atoms with van der Waals surface area (Å²) in [5.74, 6) is 0.260. The van der Waals surface area contributed by atoms with E-state index in [1.807, 2.05) is 6.92 Å². The SMILES string of the molecule is CCC(C)(C)C(=O)OCC(=O)OC12CC3CC(C1)C(O)C(C3)C2. The van der Waals surface area contributed by atoms with Crippen molar-refractivity contribution in [3.8, 4) is 0 Å². The first-order valence-corrected chi connectivity index (χ1v) is 8.82. The fraction of sp³-hybridized carbons (Fsp3) is 0.889. The lowest BCUT2D eigenvalue weighted by molar-refractivity contribution is -0.210. The number of aliphatic hydroxyl groups excluding tert-OH is 1. The molecule has 4 bridgehead atoms. The fourth-order valence-corrected chi connectivity index (χ4v) is 4.78. The topological polar surface area (TPSA) is 72.8 Å². The smallest absolute Gasteiger partial charge is 0.344 e. The Kier molecular flexibility index (Phi) is 4.20. The predicted octanol–water partition coefficient (Wildman–Crippen LogP) is 2.45. The van der Waals surface area contributed by atoms with Crippen molar-refractivity contribution >= 4 is 11.9 Å². The van der Waals surface area contributed by atoms with Crippen LogP contribution in [0.25, 0.3) is 0 Å². The van der Waals surface area contributed by atoms with Crippen LogP contribution in [0.4, 0.5) is 0 Å². The molecule has 4 rings (SSSR count). The zero-order chi connectivity index (χ0) is 16.8. The zero-order valence-electron chi connectivity index (χ0n) is 14.3. The number of carbonyl (C=O) groups excluding carboxylic acids is 2. The number of carbonyl (C=O) groups is 2. The molecule has 4 fully saturated rings. The molecule has 1 N–H and O–H groups in total. The van der Waals surface area contributed by atoms with E-state index < -0.39 is 17.0 Å². The summed E-state index contributed by atoms with van der Waals surface area (Å²) in [5, 5.41) is 10.3. The Bertz CT molecular complexity index is 482. The molecule has 4 aliphatic carbocycles. The van der Waals surface area contributed by atoms with Crippen molar-refractivity contribution in [2.24, 2.45) is 23.2 Å². The van der Waals surface area contributed by atoms with E-state index in [0.717, 1.165) is 32.1 Å². The second-order valence-corrected chi connectivity index (χ2v) is 8.43. The van der Waals surface area contributed by atoms with Crippen LogP contribution in [0, 0.1) is 23.2 Å². The molecule has 0 aromatic carbocycles. The Morgan fingerprint density at radius 2 is 1.78 bits per heavy atom. The van der Waals surface area contributed by atoms with E-state index in [2.05, 4.69) is 0 Å². The van der Waals surface area contributed by atoms with E-state index in [1.165, 1.54) is 0 Å². The van der Waals surface area contributed by atoms with Crippen molar-refractivity contribution in [2.75, 3.05) is 6.61 Å². The lowest BCUT2D eigenvalue weighted by Gasteiger charge is -2.57. The molecular weight excluding hydrogens is 296 g/mol. The summed E-state index contributed by atoms with van der Waals surface area (Å²) in [7, 11) is 0. The van der Waals surface area contributed by atoms with Gasteiger partial charge in [-0.25, -0.2) is 4.79 Å². The van der Waals surface area contributed by atoms with Gasteiger partial charge in [0.1, 0.15) is 5.60 Å². The molecule has 0 aromatic heterocycles. The largest absolute Gasteiger partial charge is 0.457 e. The van der Waals surface area contributed by atoms with Crippen LogP contribution in [-0.4, -0.2) is 35.4 Å². The van der Waals surface area contributed by atoms with Crippen LogP contribution in [0.15, 0.2) is 0 Å². The van der Waals surface area contributed by atoms with E-state index in [1.54, 1.807) is 13.8 Å². The van der Waals surface area contributed by atoms with E-state index >= 15 is 0 Å². The summed E-state index contributed by atoms with van der Waals surface area (Å²) in [6.45, 7) is 5.22. The lowest BCUT2D eigenvalue weighted by Crippen LogP contribution is -2.58. The third kappa shape index (κ3) is 3.12. The highest BCUT2D eigenvalue weighted by Crippen LogP contribution is 2.57. The van der Waals surface area contributed by atoms with Gasteiger partial charge in [0.2, 0.25) is 0 Å². The first kappa shape index (κ1) is 16.7. The van der Waals surface area contributed by atoms with Crippen LogP contribution in [0.2, 0.25) is 0 Å². The van der Waals surface area contributed by atoms with Gasteiger partial charge in [0.15, 0.2) is 6.61 Å². The monoisotopic (exact) mass is 324 g/mol. The van der Waals surface area contributed by atoms with Gasteiger partial charge in [-0.2, -0.15) is 0 Å². The maximum absolute atomic E-state index is 12.2. The van der Waals surface area contributed by atoms with Crippen LogP contribution in [0.1, 0.15) is 59.3 Å². The van der Waals surface area contributed by atoms with Crippen LogP contribution < -0.4 is 0 Å². The minimum Gasteiger partial charge on any atom is -0.457 e. The average molecular weight is 324 g/mol. The second kappa shape index (κ2) is 5.76. The Balaban J connectivity index is 1.56. The van der Waals surface area contributed by atoms with Gasteiger partial charge in [0.25, 0.3) is 0 Å². The number of esters is 2. The number of rotatable bonds is 5. The zero-order valence-corrected chi connectivity index (χ0v) is 14.3. The molecule has 4 saturated carbocycles. The van der Waals surface area contributed by atoms with Crippen molar-refractivity contribution in [3.63, 3.8) is 0 Å². The molecule has 130 valence electrons. The molecule has 5 heteroatoms. The third-order valence-electron chi connectivity index (χ3n) is 6.26. The van der Waals surface area contributed by atoms with Gasteiger partial charge in [-0.05, 0) is 70.1 Å². The minimum atomic E-state index is -0.578. The number of aliphatic hydroxyl groups is 1. The van der Waals surface area contributed by atoms with Gasteiger partial charge in [-0.1, -0.05) is 6.92 Å². The second-order valence-electron chi connectivity index (χ2n) is 8.43. The van der Waals surface area contributed by atoms with Crippen LogP contribution in [0.3, 0.4) is 0 Å². The summed E-state index contributed by atoms with van der Waals surface area (Å²) in [6, 6.07) is 0.